The molecule has 0 atom stereocenters. The van der Waals surface area contributed by atoms with Crippen LogP contribution >= 0.6 is 0 Å². The number of hydrogen-bond acceptors (Lipinski definition) is 2. The Kier molecular flexibility index (Phi) is 3.76. The van der Waals surface area contributed by atoms with Crippen LogP contribution in [0.1, 0.15) is 37.9 Å². The molecule has 0 radical (unpaired) electrons. The van der Waals surface area contributed by atoms with Crippen LogP contribution in [0.3, 0.4) is 0 Å². The van der Waals surface area contributed by atoms with Gasteiger partial charge in [-0.25, -0.2) is 4.98 Å². The second kappa shape index (κ2) is 5.17. The van der Waals surface area contributed by atoms with Crippen molar-refractivity contribution < 1.29 is 5.11 Å². The number of hydrogen-bond donors (Lipinski definition) is 2. The zero-order valence-electron chi connectivity index (χ0n) is 12.1. The van der Waals surface area contributed by atoms with Crippen molar-refractivity contribution in [1.29, 1.82) is 0 Å². The molecule has 102 valence electrons. The smallest absolute Gasteiger partial charge is 0.109 e. The molecule has 0 saturated heterocycles. The standard InChI is InChI=1S/C16H22N2O/c1-11-15(18-14(17-11)9-10-19)12-5-7-13(8-6-12)16(2,3)4/h5-8,19H,9-10H2,1-4H3,(H,17,18). The van der Waals surface area contributed by atoms with E-state index in [-0.39, 0.29) is 12.0 Å². The fourth-order valence-electron chi connectivity index (χ4n) is 2.16. The Hall–Kier alpha value is -1.61. The van der Waals surface area contributed by atoms with Gasteiger partial charge in [0, 0.05) is 17.7 Å². The largest absolute Gasteiger partial charge is 0.396 e. The molecule has 0 amide bonds. The Morgan fingerprint density at radius 3 is 2.32 bits per heavy atom. The van der Waals surface area contributed by atoms with Crippen LogP contribution < -0.4 is 0 Å². The molecule has 0 aliphatic rings. The molecule has 1 aromatic carbocycles. The van der Waals surface area contributed by atoms with Gasteiger partial charge in [0.1, 0.15) is 5.82 Å². The van der Waals surface area contributed by atoms with Gasteiger partial charge >= 0.3 is 0 Å². The Morgan fingerprint density at radius 2 is 1.79 bits per heavy atom. The second-order valence-electron chi connectivity index (χ2n) is 5.96. The maximum Gasteiger partial charge on any atom is 0.109 e. The summed E-state index contributed by atoms with van der Waals surface area (Å²) in [6.07, 6.45) is 0.570. The molecule has 0 spiro atoms. The molecule has 1 aromatic heterocycles. The maximum absolute atomic E-state index is 8.96. The van der Waals surface area contributed by atoms with E-state index in [9.17, 15) is 0 Å². The molecule has 2 aromatic rings. The molecular formula is C16H22N2O. The van der Waals surface area contributed by atoms with Crippen molar-refractivity contribution in [3.05, 3.63) is 41.3 Å². The summed E-state index contributed by atoms with van der Waals surface area (Å²) in [5, 5.41) is 8.96. The molecule has 2 N–H and O–H groups in total. The van der Waals surface area contributed by atoms with Crippen LogP contribution in [-0.2, 0) is 11.8 Å². The van der Waals surface area contributed by atoms with Crippen LogP contribution in [0.15, 0.2) is 24.3 Å². The first-order valence-electron chi connectivity index (χ1n) is 6.69. The zero-order valence-corrected chi connectivity index (χ0v) is 12.1. The van der Waals surface area contributed by atoms with E-state index >= 15 is 0 Å². The average molecular weight is 258 g/mol. The lowest BCUT2D eigenvalue weighted by Crippen LogP contribution is -2.10. The Balaban J connectivity index is 2.32. The predicted molar refractivity (Wildman–Crippen MR) is 78.3 cm³/mol. The summed E-state index contributed by atoms with van der Waals surface area (Å²) in [6.45, 7) is 8.76. The Bertz CT molecular complexity index is 547. The molecule has 3 nitrogen and oxygen atoms in total. The lowest BCUT2D eigenvalue weighted by Gasteiger charge is -2.19. The molecule has 0 saturated carbocycles. The maximum atomic E-state index is 8.96. The number of aromatic nitrogens is 2. The van der Waals surface area contributed by atoms with E-state index in [0.717, 1.165) is 22.8 Å². The summed E-state index contributed by atoms with van der Waals surface area (Å²) in [6, 6.07) is 8.56. The van der Waals surface area contributed by atoms with E-state index in [1.54, 1.807) is 0 Å². The molecule has 0 aliphatic carbocycles. The van der Waals surface area contributed by atoms with E-state index in [2.05, 4.69) is 55.0 Å². The molecular weight excluding hydrogens is 236 g/mol. The number of nitrogens with zero attached hydrogens (tertiary/aromatic N) is 1. The normalized spacial score (nSPS) is 11.8. The molecule has 19 heavy (non-hydrogen) atoms. The number of aliphatic hydroxyl groups is 1. The summed E-state index contributed by atoms with van der Waals surface area (Å²) in [4.78, 5) is 7.76. The monoisotopic (exact) mass is 258 g/mol. The minimum atomic E-state index is 0.120. The molecule has 2 rings (SSSR count). The number of aryl methyl sites for hydroxylation is 1. The highest BCUT2D eigenvalue weighted by atomic mass is 16.3. The summed E-state index contributed by atoms with van der Waals surface area (Å²) in [5.74, 6) is 0.842. The Labute approximate surface area is 114 Å². The molecule has 0 aliphatic heterocycles. The van der Waals surface area contributed by atoms with E-state index in [4.69, 9.17) is 5.11 Å². The van der Waals surface area contributed by atoms with Gasteiger partial charge in [-0.05, 0) is 17.9 Å². The third-order valence-corrected chi connectivity index (χ3v) is 3.31. The minimum absolute atomic E-state index is 0.120. The van der Waals surface area contributed by atoms with Crippen LogP contribution in [0.25, 0.3) is 11.3 Å². The van der Waals surface area contributed by atoms with E-state index in [1.165, 1.54) is 5.56 Å². The van der Waals surface area contributed by atoms with Gasteiger partial charge in [0.05, 0.1) is 12.3 Å². The van der Waals surface area contributed by atoms with Gasteiger partial charge in [-0.3, -0.25) is 0 Å². The van der Waals surface area contributed by atoms with Crippen molar-refractivity contribution in [2.75, 3.05) is 6.61 Å². The van der Waals surface area contributed by atoms with Crippen molar-refractivity contribution in [1.82, 2.24) is 9.97 Å². The fourth-order valence-corrected chi connectivity index (χ4v) is 2.16. The van der Waals surface area contributed by atoms with Crippen molar-refractivity contribution in [3.8, 4) is 11.3 Å². The van der Waals surface area contributed by atoms with Gasteiger partial charge in [0.25, 0.3) is 0 Å². The highest BCUT2D eigenvalue weighted by Crippen LogP contribution is 2.26. The van der Waals surface area contributed by atoms with Gasteiger partial charge in [0.15, 0.2) is 0 Å². The molecule has 0 fully saturated rings. The highest BCUT2D eigenvalue weighted by molar-refractivity contribution is 5.62. The van der Waals surface area contributed by atoms with Crippen molar-refractivity contribution in [2.24, 2.45) is 0 Å². The third-order valence-electron chi connectivity index (χ3n) is 3.31. The van der Waals surface area contributed by atoms with Gasteiger partial charge in [0.2, 0.25) is 0 Å². The fraction of sp³-hybridized carbons (Fsp3) is 0.438. The van der Waals surface area contributed by atoms with Crippen LogP contribution in [0.5, 0.6) is 0 Å². The first kappa shape index (κ1) is 13.8. The molecule has 0 bridgehead atoms. The molecule has 0 unspecified atom stereocenters. The summed E-state index contributed by atoms with van der Waals surface area (Å²) >= 11 is 0. The topological polar surface area (TPSA) is 48.9 Å². The quantitative estimate of drug-likeness (QED) is 0.888. The second-order valence-corrected chi connectivity index (χ2v) is 5.96. The predicted octanol–water partition coefficient (Wildman–Crippen LogP) is 3.22. The molecule has 3 heteroatoms. The lowest BCUT2D eigenvalue weighted by atomic mass is 9.86. The molecule has 1 heterocycles. The SMILES string of the molecule is Cc1[nH]c(CCO)nc1-c1ccc(C(C)(C)C)cc1. The Morgan fingerprint density at radius 1 is 1.16 bits per heavy atom. The summed E-state index contributed by atoms with van der Waals surface area (Å²) in [7, 11) is 0. The number of aliphatic hydroxyl groups excluding tert-OH is 1. The van der Waals surface area contributed by atoms with Crippen LogP contribution in [-0.4, -0.2) is 21.7 Å². The number of benzene rings is 1. The first-order valence-corrected chi connectivity index (χ1v) is 6.69. The van der Waals surface area contributed by atoms with Gasteiger partial charge < -0.3 is 10.1 Å². The highest BCUT2D eigenvalue weighted by Gasteiger charge is 2.14. The third kappa shape index (κ3) is 3.04. The van der Waals surface area contributed by atoms with Gasteiger partial charge in [-0.15, -0.1) is 0 Å². The summed E-state index contributed by atoms with van der Waals surface area (Å²) < 4.78 is 0. The number of aromatic amines is 1. The van der Waals surface area contributed by atoms with Gasteiger partial charge in [-0.1, -0.05) is 45.0 Å². The van der Waals surface area contributed by atoms with E-state index in [1.807, 2.05) is 6.92 Å². The van der Waals surface area contributed by atoms with E-state index < -0.39 is 0 Å². The van der Waals surface area contributed by atoms with Crippen LogP contribution in [0.4, 0.5) is 0 Å². The van der Waals surface area contributed by atoms with Crippen LogP contribution in [0.2, 0.25) is 0 Å². The number of rotatable bonds is 3. The zero-order chi connectivity index (χ0) is 14.0. The number of nitrogens with one attached hydrogen (secondary N) is 1. The first-order chi connectivity index (χ1) is 8.91. The minimum Gasteiger partial charge on any atom is -0.396 e. The average Bonchev–Trinajstić information content (AvgIpc) is 2.70. The van der Waals surface area contributed by atoms with Crippen molar-refractivity contribution >= 4 is 0 Å². The van der Waals surface area contributed by atoms with Crippen LogP contribution in [0, 0.1) is 6.92 Å². The number of imidazole rings is 1. The number of H-pyrrole nitrogens is 1. The lowest BCUT2D eigenvalue weighted by molar-refractivity contribution is 0.297. The summed E-state index contributed by atoms with van der Waals surface area (Å²) in [5.41, 5.74) is 4.63. The van der Waals surface area contributed by atoms with Crippen molar-refractivity contribution in [2.45, 2.75) is 39.5 Å². The van der Waals surface area contributed by atoms with E-state index in [0.29, 0.717) is 6.42 Å². The van der Waals surface area contributed by atoms with Crippen molar-refractivity contribution in [3.63, 3.8) is 0 Å². The van der Waals surface area contributed by atoms with Gasteiger partial charge in [-0.2, -0.15) is 0 Å².